The topological polar surface area (TPSA) is 102 Å². The van der Waals surface area contributed by atoms with Crippen molar-refractivity contribution in [1.29, 1.82) is 0 Å². The molecule has 0 saturated heterocycles. The second-order valence-corrected chi connectivity index (χ2v) is 2.81. The SMILES string of the molecule is CCC(=O)C(=O)N(C)CCN=C(N)N. The van der Waals surface area contributed by atoms with Crippen LogP contribution in [0.2, 0.25) is 0 Å². The molecule has 6 heteroatoms. The minimum Gasteiger partial charge on any atom is -0.370 e. The summed E-state index contributed by atoms with van der Waals surface area (Å²) in [4.78, 5) is 27.2. The first-order chi connectivity index (χ1) is 6.49. The molecule has 0 aliphatic heterocycles. The highest BCUT2D eigenvalue weighted by molar-refractivity contribution is 6.35. The zero-order valence-corrected chi connectivity index (χ0v) is 8.49. The van der Waals surface area contributed by atoms with E-state index in [-0.39, 0.29) is 12.4 Å². The van der Waals surface area contributed by atoms with Crippen LogP contribution >= 0.6 is 0 Å². The van der Waals surface area contributed by atoms with Gasteiger partial charge in [0.15, 0.2) is 5.96 Å². The standard InChI is InChI=1S/C8H16N4O2/c1-3-6(13)7(14)12(2)5-4-11-8(9)10/h3-5H2,1-2H3,(H4,9,10,11). The first-order valence-corrected chi connectivity index (χ1v) is 4.32. The molecule has 0 atom stereocenters. The lowest BCUT2D eigenvalue weighted by atomic mass is 10.3. The molecule has 1 amide bonds. The van der Waals surface area contributed by atoms with Crippen molar-refractivity contribution in [2.24, 2.45) is 16.5 Å². The fourth-order valence-corrected chi connectivity index (χ4v) is 0.795. The van der Waals surface area contributed by atoms with Gasteiger partial charge in [-0.3, -0.25) is 14.6 Å². The average Bonchev–Trinajstić information content (AvgIpc) is 2.14. The van der Waals surface area contributed by atoms with Gasteiger partial charge in [-0.15, -0.1) is 0 Å². The van der Waals surface area contributed by atoms with Crippen LogP contribution in [0.3, 0.4) is 0 Å². The second-order valence-electron chi connectivity index (χ2n) is 2.81. The number of nitrogens with two attached hydrogens (primary N) is 2. The molecule has 6 nitrogen and oxygen atoms in total. The van der Waals surface area contributed by atoms with E-state index in [9.17, 15) is 9.59 Å². The average molecular weight is 200 g/mol. The summed E-state index contributed by atoms with van der Waals surface area (Å²) in [6.45, 7) is 2.29. The van der Waals surface area contributed by atoms with Crippen LogP contribution in [-0.2, 0) is 9.59 Å². The van der Waals surface area contributed by atoms with Crippen LogP contribution in [0.4, 0.5) is 0 Å². The normalized spacial score (nSPS) is 9.29. The van der Waals surface area contributed by atoms with Crippen molar-refractivity contribution in [1.82, 2.24) is 4.90 Å². The summed E-state index contributed by atoms with van der Waals surface area (Å²) in [5.41, 5.74) is 10.2. The fraction of sp³-hybridized carbons (Fsp3) is 0.625. The monoisotopic (exact) mass is 200 g/mol. The predicted octanol–water partition coefficient (Wildman–Crippen LogP) is -1.30. The maximum Gasteiger partial charge on any atom is 0.289 e. The summed E-state index contributed by atoms with van der Waals surface area (Å²) in [5, 5.41) is 0. The Kier molecular flexibility index (Phi) is 5.28. The van der Waals surface area contributed by atoms with E-state index in [1.54, 1.807) is 6.92 Å². The lowest BCUT2D eigenvalue weighted by molar-refractivity contribution is -0.143. The smallest absolute Gasteiger partial charge is 0.289 e. The van der Waals surface area contributed by atoms with Crippen LogP contribution in [-0.4, -0.2) is 42.7 Å². The molecule has 0 aliphatic rings. The van der Waals surface area contributed by atoms with Crippen molar-refractivity contribution >= 4 is 17.6 Å². The van der Waals surface area contributed by atoms with Crippen molar-refractivity contribution in [3.8, 4) is 0 Å². The Balaban J connectivity index is 3.96. The molecule has 80 valence electrons. The van der Waals surface area contributed by atoms with Gasteiger partial charge < -0.3 is 16.4 Å². The fourth-order valence-electron chi connectivity index (χ4n) is 0.795. The van der Waals surface area contributed by atoms with E-state index in [0.29, 0.717) is 13.1 Å². The van der Waals surface area contributed by atoms with Crippen molar-refractivity contribution in [3.63, 3.8) is 0 Å². The van der Waals surface area contributed by atoms with Crippen molar-refractivity contribution in [2.45, 2.75) is 13.3 Å². The van der Waals surface area contributed by atoms with E-state index >= 15 is 0 Å². The third-order valence-electron chi connectivity index (χ3n) is 1.64. The van der Waals surface area contributed by atoms with Gasteiger partial charge in [0.1, 0.15) is 0 Å². The van der Waals surface area contributed by atoms with Gasteiger partial charge in [0.25, 0.3) is 5.91 Å². The largest absolute Gasteiger partial charge is 0.370 e. The van der Waals surface area contributed by atoms with E-state index in [4.69, 9.17) is 11.5 Å². The summed E-state index contributed by atoms with van der Waals surface area (Å²) in [7, 11) is 1.54. The second kappa shape index (κ2) is 5.95. The van der Waals surface area contributed by atoms with Crippen LogP contribution in [0.25, 0.3) is 0 Å². The van der Waals surface area contributed by atoms with Gasteiger partial charge in [0.2, 0.25) is 5.78 Å². The van der Waals surface area contributed by atoms with Crippen LogP contribution in [0.1, 0.15) is 13.3 Å². The maximum absolute atomic E-state index is 11.2. The van der Waals surface area contributed by atoms with Gasteiger partial charge in [-0.1, -0.05) is 6.92 Å². The molecule has 0 bridgehead atoms. The summed E-state index contributed by atoms with van der Waals surface area (Å²) in [5.74, 6) is -0.928. The number of aliphatic imine (C=N–C) groups is 1. The van der Waals surface area contributed by atoms with Gasteiger partial charge >= 0.3 is 0 Å². The Morgan fingerprint density at radius 3 is 2.36 bits per heavy atom. The van der Waals surface area contributed by atoms with Gasteiger partial charge in [-0.05, 0) is 0 Å². The van der Waals surface area contributed by atoms with E-state index < -0.39 is 11.7 Å². The molecule has 0 spiro atoms. The quantitative estimate of drug-likeness (QED) is 0.327. The molecule has 0 saturated carbocycles. The van der Waals surface area contributed by atoms with E-state index in [1.807, 2.05) is 0 Å². The van der Waals surface area contributed by atoms with Gasteiger partial charge in [0, 0.05) is 20.0 Å². The molecule has 0 aromatic carbocycles. The summed E-state index contributed by atoms with van der Waals surface area (Å²) >= 11 is 0. The van der Waals surface area contributed by atoms with Gasteiger partial charge in [-0.25, -0.2) is 0 Å². The predicted molar refractivity (Wildman–Crippen MR) is 53.6 cm³/mol. The third-order valence-corrected chi connectivity index (χ3v) is 1.64. The Labute approximate surface area is 83.0 Å². The first-order valence-electron chi connectivity index (χ1n) is 4.32. The summed E-state index contributed by atoms with van der Waals surface area (Å²) < 4.78 is 0. The lowest BCUT2D eigenvalue weighted by Gasteiger charge is -2.14. The number of hydrogen-bond acceptors (Lipinski definition) is 3. The first kappa shape index (κ1) is 12.4. The maximum atomic E-state index is 11.2. The number of rotatable bonds is 5. The number of amides is 1. The number of Topliss-reactive ketones (excluding diaryl/α,β-unsaturated/α-hetero) is 1. The lowest BCUT2D eigenvalue weighted by Crippen LogP contribution is -2.35. The van der Waals surface area contributed by atoms with Crippen molar-refractivity contribution < 1.29 is 9.59 Å². The Morgan fingerprint density at radius 1 is 1.36 bits per heavy atom. The number of carbonyl (C=O) groups is 2. The Morgan fingerprint density at radius 2 is 1.93 bits per heavy atom. The molecular weight excluding hydrogens is 184 g/mol. The highest BCUT2D eigenvalue weighted by Gasteiger charge is 2.15. The molecule has 4 N–H and O–H groups in total. The van der Waals surface area contributed by atoms with Crippen molar-refractivity contribution in [3.05, 3.63) is 0 Å². The Bertz CT molecular complexity index is 246. The van der Waals surface area contributed by atoms with Crippen LogP contribution in [0.5, 0.6) is 0 Å². The number of guanidine groups is 1. The summed E-state index contributed by atoms with van der Waals surface area (Å²) in [6, 6.07) is 0. The zero-order valence-electron chi connectivity index (χ0n) is 8.49. The van der Waals surface area contributed by atoms with Crippen LogP contribution in [0, 0.1) is 0 Å². The van der Waals surface area contributed by atoms with E-state index in [2.05, 4.69) is 4.99 Å². The van der Waals surface area contributed by atoms with E-state index in [1.165, 1.54) is 11.9 Å². The number of hydrogen-bond donors (Lipinski definition) is 2. The molecule has 0 aromatic heterocycles. The number of carbonyl (C=O) groups excluding carboxylic acids is 2. The molecular formula is C8H16N4O2. The Hall–Kier alpha value is -1.59. The van der Waals surface area contributed by atoms with Gasteiger partial charge in [0.05, 0.1) is 6.54 Å². The molecule has 0 aromatic rings. The number of likely N-dealkylation sites (N-methyl/N-ethyl adjacent to an activating group) is 1. The molecule has 0 aliphatic carbocycles. The molecule has 14 heavy (non-hydrogen) atoms. The minimum atomic E-state index is -0.502. The van der Waals surface area contributed by atoms with Crippen LogP contribution < -0.4 is 11.5 Å². The third kappa shape index (κ3) is 4.44. The molecule has 0 unspecified atom stereocenters. The molecule has 0 rings (SSSR count). The summed E-state index contributed by atoms with van der Waals surface area (Å²) in [6.07, 6.45) is 0.214. The molecule has 0 radical (unpaired) electrons. The van der Waals surface area contributed by atoms with E-state index in [0.717, 1.165) is 0 Å². The van der Waals surface area contributed by atoms with Crippen LogP contribution in [0.15, 0.2) is 4.99 Å². The molecule has 0 heterocycles. The highest BCUT2D eigenvalue weighted by atomic mass is 16.2. The number of nitrogens with zero attached hydrogens (tertiary/aromatic N) is 2. The zero-order chi connectivity index (χ0) is 11.1. The highest BCUT2D eigenvalue weighted by Crippen LogP contribution is 1.90. The molecule has 0 fully saturated rings. The minimum absolute atomic E-state index is 0.0207. The number of ketones is 1. The van der Waals surface area contributed by atoms with Gasteiger partial charge in [-0.2, -0.15) is 0 Å². The van der Waals surface area contributed by atoms with Crippen molar-refractivity contribution in [2.75, 3.05) is 20.1 Å².